The van der Waals surface area contributed by atoms with Crippen LogP contribution >= 0.6 is 24.0 Å². The first kappa shape index (κ1) is 22.4. The quantitative estimate of drug-likeness (QED) is 0.378. The lowest BCUT2D eigenvalue weighted by Gasteiger charge is -2.38. The van der Waals surface area contributed by atoms with Gasteiger partial charge in [-0.1, -0.05) is 44.1 Å². The van der Waals surface area contributed by atoms with Crippen molar-refractivity contribution >= 4 is 29.9 Å². The van der Waals surface area contributed by atoms with E-state index < -0.39 is 0 Å². The molecule has 2 heterocycles. The molecular weight excluding hydrogens is 469 g/mol. The predicted octanol–water partition coefficient (Wildman–Crippen LogP) is 3.95. The number of nitrogens with one attached hydrogen (secondary N) is 2. The molecule has 1 aliphatic heterocycles. The summed E-state index contributed by atoms with van der Waals surface area (Å²) in [6.45, 7) is 10.8. The molecule has 3 rings (SSSR count). The van der Waals surface area contributed by atoms with E-state index in [1.807, 2.05) is 39.0 Å². The fourth-order valence-corrected chi connectivity index (χ4v) is 3.08. The number of aliphatic imine (C=N–C) groups is 1. The Morgan fingerprint density at radius 2 is 2.00 bits per heavy atom. The zero-order chi connectivity index (χ0) is 19.7. The predicted molar refractivity (Wildman–Crippen MR) is 120 cm³/mol. The van der Waals surface area contributed by atoms with Crippen molar-refractivity contribution in [2.24, 2.45) is 4.99 Å². The van der Waals surface area contributed by atoms with Gasteiger partial charge in [0.25, 0.3) is 0 Å². The highest BCUT2D eigenvalue weighted by molar-refractivity contribution is 14.0. The zero-order valence-electron chi connectivity index (χ0n) is 17.4. The monoisotopic (exact) mass is 499 g/mol. The number of halogens is 1. The first-order valence-electron chi connectivity index (χ1n) is 9.26. The van der Waals surface area contributed by atoms with Crippen molar-refractivity contribution in [3.05, 3.63) is 41.5 Å². The zero-order valence-corrected chi connectivity index (χ0v) is 19.7. The van der Waals surface area contributed by atoms with Crippen LogP contribution in [-0.4, -0.2) is 28.7 Å². The van der Waals surface area contributed by atoms with Crippen molar-refractivity contribution in [1.82, 2.24) is 20.8 Å². The maximum absolute atomic E-state index is 6.10. The third-order valence-corrected chi connectivity index (χ3v) is 4.43. The topological polar surface area (TPSA) is 84.6 Å². The van der Waals surface area contributed by atoms with Crippen molar-refractivity contribution in [3.8, 4) is 5.75 Å². The Morgan fingerprint density at radius 1 is 1.29 bits per heavy atom. The highest BCUT2D eigenvalue weighted by Crippen LogP contribution is 2.39. The number of benzene rings is 1. The van der Waals surface area contributed by atoms with Gasteiger partial charge in [0.05, 0.1) is 12.6 Å². The van der Waals surface area contributed by atoms with Gasteiger partial charge in [0.1, 0.15) is 11.4 Å². The largest absolute Gasteiger partial charge is 0.487 e. The normalized spacial score (nSPS) is 18.5. The highest BCUT2D eigenvalue weighted by Gasteiger charge is 2.34. The molecule has 1 aliphatic rings. The van der Waals surface area contributed by atoms with E-state index in [0.29, 0.717) is 24.2 Å². The summed E-state index contributed by atoms with van der Waals surface area (Å²) in [7, 11) is 1.75. The number of para-hydroxylation sites is 1. The fraction of sp³-hybridized carbons (Fsp3) is 0.550. The van der Waals surface area contributed by atoms with Crippen LogP contribution in [0.2, 0.25) is 0 Å². The van der Waals surface area contributed by atoms with Crippen LogP contribution in [0, 0.1) is 0 Å². The minimum atomic E-state index is -0.250. The number of fused-ring (bicyclic) bond motifs is 1. The van der Waals surface area contributed by atoms with Gasteiger partial charge >= 0.3 is 0 Å². The van der Waals surface area contributed by atoms with E-state index in [4.69, 9.17) is 9.26 Å². The summed E-state index contributed by atoms with van der Waals surface area (Å²) >= 11 is 0. The third-order valence-electron chi connectivity index (χ3n) is 4.43. The third kappa shape index (κ3) is 5.36. The van der Waals surface area contributed by atoms with Crippen molar-refractivity contribution in [3.63, 3.8) is 0 Å². The number of aromatic nitrogens is 2. The molecule has 1 aromatic carbocycles. The van der Waals surface area contributed by atoms with Gasteiger partial charge in [-0.3, -0.25) is 4.99 Å². The van der Waals surface area contributed by atoms with Gasteiger partial charge in [0.15, 0.2) is 11.8 Å². The van der Waals surface area contributed by atoms with Gasteiger partial charge in [-0.15, -0.1) is 24.0 Å². The van der Waals surface area contributed by atoms with Gasteiger partial charge in [0, 0.05) is 24.4 Å². The van der Waals surface area contributed by atoms with Crippen LogP contribution in [0.5, 0.6) is 5.75 Å². The SMILES string of the molecule is CN=C(NCc1noc(C(C)(C)C)n1)NC1CC(C)(C)Oc2ccccc21.I. The summed E-state index contributed by atoms with van der Waals surface area (Å²) < 4.78 is 11.4. The molecule has 2 N–H and O–H groups in total. The molecule has 1 atom stereocenters. The van der Waals surface area contributed by atoms with Crippen LogP contribution in [0.1, 0.15) is 64.4 Å². The molecule has 0 saturated carbocycles. The molecule has 1 unspecified atom stereocenters. The maximum atomic E-state index is 6.10. The second kappa shape index (κ2) is 8.67. The second-order valence-electron chi connectivity index (χ2n) is 8.49. The Kier molecular flexibility index (Phi) is 6.95. The Balaban J connectivity index is 0.00000280. The number of hydrogen-bond acceptors (Lipinski definition) is 5. The van der Waals surface area contributed by atoms with Crippen molar-refractivity contribution in [1.29, 1.82) is 0 Å². The molecule has 1 aromatic heterocycles. The molecule has 0 aliphatic carbocycles. The molecule has 0 spiro atoms. The average molecular weight is 499 g/mol. The maximum Gasteiger partial charge on any atom is 0.232 e. The second-order valence-corrected chi connectivity index (χ2v) is 8.49. The summed E-state index contributed by atoms with van der Waals surface area (Å²) in [5, 5.41) is 10.8. The Hall–Kier alpha value is -1.84. The molecule has 2 aromatic rings. The molecule has 7 nitrogen and oxygen atoms in total. The summed E-state index contributed by atoms with van der Waals surface area (Å²) in [6, 6.07) is 8.22. The molecule has 8 heteroatoms. The molecule has 0 amide bonds. The lowest BCUT2D eigenvalue weighted by Crippen LogP contribution is -2.45. The van der Waals surface area contributed by atoms with E-state index in [-0.39, 0.29) is 41.0 Å². The van der Waals surface area contributed by atoms with Crippen LogP contribution in [0.3, 0.4) is 0 Å². The van der Waals surface area contributed by atoms with Crippen LogP contribution in [0.25, 0.3) is 0 Å². The van der Waals surface area contributed by atoms with Gasteiger partial charge in [0.2, 0.25) is 5.89 Å². The first-order chi connectivity index (χ1) is 12.7. The number of rotatable bonds is 3. The minimum Gasteiger partial charge on any atom is -0.487 e. The Morgan fingerprint density at radius 3 is 2.64 bits per heavy atom. The van der Waals surface area contributed by atoms with E-state index in [9.17, 15) is 0 Å². The van der Waals surface area contributed by atoms with Crippen LogP contribution < -0.4 is 15.4 Å². The molecule has 0 radical (unpaired) electrons. The lowest BCUT2D eigenvalue weighted by atomic mass is 9.90. The molecule has 0 fully saturated rings. The van der Waals surface area contributed by atoms with Crippen molar-refractivity contribution in [2.45, 2.75) is 64.6 Å². The van der Waals surface area contributed by atoms with Crippen molar-refractivity contribution in [2.75, 3.05) is 7.05 Å². The number of guanidine groups is 1. The highest BCUT2D eigenvalue weighted by atomic mass is 127. The van der Waals surface area contributed by atoms with Gasteiger partial charge in [-0.05, 0) is 19.9 Å². The molecule has 0 saturated heterocycles. The number of ether oxygens (including phenoxy) is 1. The van der Waals surface area contributed by atoms with Crippen LogP contribution in [0.15, 0.2) is 33.8 Å². The van der Waals surface area contributed by atoms with Crippen LogP contribution in [-0.2, 0) is 12.0 Å². The van der Waals surface area contributed by atoms with Crippen molar-refractivity contribution < 1.29 is 9.26 Å². The fourth-order valence-electron chi connectivity index (χ4n) is 3.08. The minimum absolute atomic E-state index is 0. The molecule has 28 heavy (non-hydrogen) atoms. The van der Waals surface area contributed by atoms with E-state index in [1.165, 1.54) is 0 Å². The summed E-state index contributed by atoms with van der Waals surface area (Å²) in [4.78, 5) is 8.79. The van der Waals surface area contributed by atoms with E-state index in [1.54, 1.807) is 7.05 Å². The summed E-state index contributed by atoms with van der Waals surface area (Å²) in [5.41, 5.74) is 0.720. The standard InChI is InChI=1S/C20H29N5O2.HI/c1-19(2,3)17-24-16(25-27-17)12-22-18(21-6)23-14-11-20(4,5)26-15-10-8-7-9-13(14)15;/h7-10,14H,11-12H2,1-6H3,(H2,21,22,23);1H. The number of hydrogen-bond donors (Lipinski definition) is 2. The van der Waals surface area contributed by atoms with E-state index in [0.717, 1.165) is 17.7 Å². The Bertz CT molecular complexity index is 826. The van der Waals surface area contributed by atoms with Gasteiger partial charge in [-0.25, -0.2) is 0 Å². The van der Waals surface area contributed by atoms with Gasteiger partial charge < -0.3 is 19.9 Å². The first-order valence-corrected chi connectivity index (χ1v) is 9.26. The van der Waals surface area contributed by atoms with E-state index >= 15 is 0 Å². The lowest BCUT2D eigenvalue weighted by molar-refractivity contribution is 0.0694. The van der Waals surface area contributed by atoms with Crippen LogP contribution in [0.4, 0.5) is 0 Å². The molecule has 154 valence electrons. The smallest absolute Gasteiger partial charge is 0.232 e. The Labute approximate surface area is 183 Å². The molecular formula is C20H30IN5O2. The van der Waals surface area contributed by atoms with E-state index in [2.05, 4.69) is 45.7 Å². The average Bonchev–Trinajstić information content (AvgIpc) is 3.06. The summed E-state index contributed by atoms with van der Waals surface area (Å²) in [6.07, 6.45) is 0.834. The van der Waals surface area contributed by atoms with Gasteiger partial charge in [-0.2, -0.15) is 4.98 Å². The summed E-state index contributed by atoms with van der Waals surface area (Å²) in [5.74, 6) is 2.84. The number of nitrogens with zero attached hydrogens (tertiary/aromatic N) is 3. The molecule has 0 bridgehead atoms.